The van der Waals surface area contributed by atoms with Gasteiger partial charge in [-0.2, -0.15) is 11.8 Å². The molecular weight excluding hydrogens is 262 g/mol. The molecule has 0 amide bonds. The molecule has 1 unspecified atom stereocenters. The molecule has 7 heteroatoms. The Balaban J connectivity index is 1.96. The van der Waals surface area contributed by atoms with E-state index in [0.29, 0.717) is 23.4 Å². The van der Waals surface area contributed by atoms with E-state index in [4.69, 9.17) is 10.8 Å². The van der Waals surface area contributed by atoms with Gasteiger partial charge in [-0.25, -0.2) is 9.98 Å². The van der Waals surface area contributed by atoms with Crippen molar-refractivity contribution in [1.82, 2.24) is 5.32 Å². The van der Waals surface area contributed by atoms with Gasteiger partial charge in [0, 0.05) is 17.2 Å². The fraction of sp³-hybridized carbons (Fsp3) is 0.333. The Morgan fingerprint density at radius 1 is 1.32 bits per heavy atom. The van der Waals surface area contributed by atoms with Gasteiger partial charge in [-0.15, -0.1) is 0 Å². The van der Waals surface area contributed by atoms with Crippen molar-refractivity contribution in [3.05, 3.63) is 30.3 Å². The number of guanidine groups is 2. The van der Waals surface area contributed by atoms with Crippen LogP contribution in [-0.4, -0.2) is 41.3 Å². The molecule has 1 aromatic carbocycles. The summed E-state index contributed by atoms with van der Waals surface area (Å²) in [4.78, 5) is 8.62. The Morgan fingerprint density at radius 2 is 2.11 bits per heavy atom. The van der Waals surface area contributed by atoms with Crippen molar-refractivity contribution in [1.29, 1.82) is 0 Å². The first kappa shape index (κ1) is 13.7. The molecule has 0 bridgehead atoms. The zero-order valence-corrected chi connectivity index (χ0v) is 11.2. The number of nitrogens with zero attached hydrogens (tertiary/aromatic N) is 2. The molecule has 0 aliphatic carbocycles. The fourth-order valence-electron chi connectivity index (χ4n) is 1.57. The number of aliphatic hydroxyl groups is 1. The number of nitrogens with one attached hydrogen (secondary N) is 2. The summed E-state index contributed by atoms with van der Waals surface area (Å²) in [5.41, 5.74) is 6.67. The lowest BCUT2D eigenvalue weighted by molar-refractivity contribution is 0.322. The molecule has 0 fully saturated rings. The van der Waals surface area contributed by atoms with Crippen LogP contribution in [0.5, 0.6) is 0 Å². The zero-order chi connectivity index (χ0) is 13.5. The monoisotopic (exact) mass is 279 g/mol. The fourth-order valence-corrected chi connectivity index (χ4v) is 2.23. The number of para-hydroxylation sites is 1. The standard InChI is InChI=1S/C12H17N5OS/c13-11-15-10(8-19-7-6-18)16-12(17-11)14-9-4-2-1-3-5-9/h1-5,10,18H,6-8H2,(H4,13,14,15,16,17). The predicted molar refractivity (Wildman–Crippen MR) is 80.5 cm³/mol. The van der Waals surface area contributed by atoms with Crippen LogP contribution in [0.3, 0.4) is 0 Å². The topological polar surface area (TPSA) is 95.0 Å². The first-order valence-corrected chi connectivity index (χ1v) is 7.12. The van der Waals surface area contributed by atoms with Crippen LogP contribution in [0.2, 0.25) is 0 Å². The van der Waals surface area contributed by atoms with Crippen molar-refractivity contribution in [3.63, 3.8) is 0 Å². The third-order valence-electron chi connectivity index (χ3n) is 2.35. The highest BCUT2D eigenvalue weighted by Gasteiger charge is 2.14. The maximum Gasteiger partial charge on any atom is 0.204 e. The smallest absolute Gasteiger partial charge is 0.204 e. The van der Waals surface area contributed by atoms with Gasteiger partial charge in [0.1, 0.15) is 0 Å². The molecule has 1 atom stereocenters. The summed E-state index contributed by atoms with van der Waals surface area (Å²) in [5.74, 6) is 2.32. The van der Waals surface area contributed by atoms with E-state index in [1.165, 1.54) is 0 Å². The lowest BCUT2D eigenvalue weighted by atomic mass is 10.3. The summed E-state index contributed by atoms with van der Waals surface area (Å²) in [7, 11) is 0. The van der Waals surface area contributed by atoms with Crippen LogP contribution in [-0.2, 0) is 0 Å². The summed E-state index contributed by atoms with van der Waals surface area (Å²) >= 11 is 1.59. The van der Waals surface area contributed by atoms with E-state index in [-0.39, 0.29) is 12.8 Å². The number of anilines is 1. The molecule has 1 aromatic rings. The van der Waals surface area contributed by atoms with Gasteiger partial charge in [-0.3, -0.25) is 5.32 Å². The van der Waals surface area contributed by atoms with E-state index in [2.05, 4.69) is 20.6 Å². The molecule has 102 valence electrons. The molecule has 1 aliphatic rings. The van der Waals surface area contributed by atoms with E-state index in [0.717, 1.165) is 5.69 Å². The molecule has 0 radical (unpaired) electrons. The highest BCUT2D eigenvalue weighted by atomic mass is 32.2. The zero-order valence-electron chi connectivity index (χ0n) is 10.4. The van der Waals surface area contributed by atoms with E-state index in [1.807, 2.05) is 30.3 Å². The van der Waals surface area contributed by atoms with Gasteiger partial charge in [-0.05, 0) is 12.1 Å². The van der Waals surface area contributed by atoms with Gasteiger partial charge in [0.05, 0.1) is 6.61 Å². The van der Waals surface area contributed by atoms with Gasteiger partial charge in [0.15, 0.2) is 12.1 Å². The van der Waals surface area contributed by atoms with Crippen LogP contribution in [0.4, 0.5) is 5.69 Å². The Labute approximate surface area is 116 Å². The molecular formula is C12H17N5OS. The summed E-state index contributed by atoms with van der Waals surface area (Å²) in [5, 5.41) is 14.8. The SMILES string of the molecule is NC1=NC(CSCCO)N=C(Nc2ccccc2)N1. The normalized spacial score (nSPS) is 18.3. The van der Waals surface area contributed by atoms with Crippen LogP contribution < -0.4 is 16.4 Å². The van der Waals surface area contributed by atoms with Gasteiger partial charge < -0.3 is 16.2 Å². The van der Waals surface area contributed by atoms with Crippen LogP contribution in [0, 0.1) is 0 Å². The molecule has 6 nitrogen and oxygen atoms in total. The molecule has 0 spiro atoms. The van der Waals surface area contributed by atoms with Crippen molar-refractivity contribution in [2.75, 3.05) is 23.4 Å². The van der Waals surface area contributed by atoms with Gasteiger partial charge in [0.2, 0.25) is 5.96 Å². The molecule has 0 aromatic heterocycles. The molecule has 0 saturated carbocycles. The highest BCUT2D eigenvalue weighted by Crippen LogP contribution is 2.10. The number of rotatable bonds is 5. The van der Waals surface area contributed by atoms with E-state index in [1.54, 1.807) is 11.8 Å². The first-order valence-electron chi connectivity index (χ1n) is 5.96. The van der Waals surface area contributed by atoms with Crippen LogP contribution in [0.25, 0.3) is 0 Å². The Kier molecular flexibility index (Phi) is 5.05. The maximum absolute atomic E-state index is 8.75. The number of nitrogens with two attached hydrogens (primary N) is 1. The third-order valence-corrected chi connectivity index (χ3v) is 3.36. The second-order valence-electron chi connectivity index (χ2n) is 3.89. The number of benzene rings is 1. The van der Waals surface area contributed by atoms with Crippen molar-refractivity contribution in [3.8, 4) is 0 Å². The minimum atomic E-state index is -0.219. The Morgan fingerprint density at radius 3 is 2.84 bits per heavy atom. The highest BCUT2D eigenvalue weighted by molar-refractivity contribution is 7.99. The average molecular weight is 279 g/mol. The summed E-state index contributed by atoms with van der Waals surface area (Å²) in [6, 6.07) is 9.73. The number of hydrogen-bond acceptors (Lipinski definition) is 7. The lowest BCUT2D eigenvalue weighted by Gasteiger charge is -2.19. The molecule has 19 heavy (non-hydrogen) atoms. The average Bonchev–Trinajstić information content (AvgIpc) is 2.39. The minimum absolute atomic E-state index is 0.160. The summed E-state index contributed by atoms with van der Waals surface area (Å²) < 4.78 is 0. The summed E-state index contributed by atoms with van der Waals surface area (Å²) in [6.07, 6.45) is -0.219. The van der Waals surface area contributed by atoms with E-state index in [9.17, 15) is 0 Å². The van der Waals surface area contributed by atoms with E-state index < -0.39 is 0 Å². The maximum atomic E-state index is 8.75. The minimum Gasteiger partial charge on any atom is -0.396 e. The van der Waals surface area contributed by atoms with Crippen LogP contribution >= 0.6 is 11.8 Å². The second kappa shape index (κ2) is 7.01. The molecule has 2 rings (SSSR count). The number of thioether (sulfide) groups is 1. The molecule has 1 heterocycles. The second-order valence-corrected chi connectivity index (χ2v) is 5.04. The summed E-state index contributed by atoms with van der Waals surface area (Å²) in [6.45, 7) is 0.160. The Hall–Kier alpha value is -1.73. The van der Waals surface area contributed by atoms with Gasteiger partial charge in [-0.1, -0.05) is 18.2 Å². The third kappa shape index (κ3) is 4.46. The van der Waals surface area contributed by atoms with Crippen molar-refractivity contribution >= 4 is 29.4 Å². The quantitative estimate of drug-likeness (QED) is 0.586. The Bertz CT molecular complexity index is 462. The first-order chi connectivity index (χ1) is 9.28. The largest absolute Gasteiger partial charge is 0.396 e. The number of aliphatic imine (C=N–C) groups is 2. The molecule has 0 saturated heterocycles. The van der Waals surface area contributed by atoms with E-state index >= 15 is 0 Å². The van der Waals surface area contributed by atoms with Gasteiger partial charge in [0.25, 0.3) is 0 Å². The van der Waals surface area contributed by atoms with Crippen molar-refractivity contribution < 1.29 is 5.11 Å². The molecule has 1 aliphatic heterocycles. The van der Waals surface area contributed by atoms with Crippen molar-refractivity contribution in [2.24, 2.45) is 15.7 Å². The lowest BCUT2D eigenvalue weighted by Crippen LogP contribution is -2.45. The van der Waals surface area contributed by atoms with Gasteiger partial charge >= 0.3 is 0 Å². The van der Waals surface area contributed by atoms with Crippen molar-refractivity contribution in [2.45, 2.75) is 6.17 Å². The van der Waals surface area contributed by atoms with Crippen LogP contribution in [0.1, 0.15) is 0 Å². The number of hydrogen-bond donors (Lipinski definition) is 4. The van der Waals surface area contributed by atoms with Crippen LogP contribution in [0.15, 0.2) is 40.3 Å². The number of aliphatic hydroxyl groups excluding tert-OH is 1. The molecule has 5 N–H and O–H groups in total. The predicted octanol–water partition coefficient (Wildman–Crippen LogP) is 0.424.